The van der Waals surface area contributed by atoms with Crippen LogP contribution in [0.4, 0.5) is 0 Å². The van der Waals surface area contributed by atoms with E-state index in [4.69, 9.17) is 29.6 Å². The van der Waals surface area contributed by atoms with Crippen molar-refractivity contribution in [2.75, 3.05) is 32.7 Å². The Labute approximate surface area is 138 Å². The van der Waals surface area contributed by atoms with Gasteiger partial charge in [-0.25, -0.2) is 0 Å². The van der Waals surface area contributed by atoms with Gasteiger partial charge in [-0.2, -0.15) is 0 Å². The van der Waals surface area contributed by atoms with Gasteiger partial charge in [0.25, 0.3) is 0 Å². The Bertz CT molecular complexity index is 496. The van der Waals surface area contributed by atoms with Crippen LogP contribution in [0, 0.1) is 5.92 Å². The number of nitrogens with two attached hydrogens (primary N) is 1. The third-order valence-corrected chi connectivity index (χ3v) is 4.41. The van der Waals surface area contributed by atoms with Crippen molar-refractivity contribution in [3.63, 3.8) is 0 Å². The van der Waals surface area contributed by atoms with Crippen molar-refractivity contribution < 1.29 is 0 Å². The van der Waals surface area contributed by atoms with Gasteiger partial charge in [0.2, 0.25) is 0 Å². The van der Waals surface area contributed by atoms with Crippen LogP contribution in [-0.4, -0.2) is 47.5 Å². The van der Waals surface area contributed by atoms with Crippen molar-refractivity contribution in [3.05, 3.63) is 34.3 Å². The Morgan fingerprint density at radius 3 is 2.38 bits per heavy atom. The lowest BCUT2D eigenvalue weighted by atomic mass is 10.1. The smallest absolute Gasteiger partial charge is 0.104 e. The summed E-state index contributed by atoms with van der Waals surface area (Å²) in [5.41, 5.74) is 7.61. The molecule has 3 nitrogen and oxygen atoms in total. The second kappa shape index (κ2) is 7.54. The van der Waals surface area contributed by atoms with Gasteiger partial charge in [0.15, 0.2) is 0 Å². The molecule has 2 N–H and O–H groups in total. The van der Waals surface area contributed by atoms with Crippen molar-refractivity contribution in [1.29, 1.82) is 0 Å². The predicted molar refractivity (Wildman–Crippen MR) is 93.9 cm³/mol. The van der Waals surface area contributed by atoms with Crippen molar-refractivity contribution in [3.8, 4) is 0 Å². The van der Waals surface area contributed by atoms with Gasteiger partial charge in [-0.15, -0.1) is 0 Å². The molecule has 0 amide bonds. The van der Waals surface area contributed by atoms with Crippen LogP contribution in [0.25, 0.3) is 0 Å². The Morgan fingerprint density at radius 2 is 1.86 bits per heavy atom. The molecule has 5 heteroatoms. The minimum atomic E-state index is 0.394. The summed E-state index contributed by atoms with van der Waals surface area (Å²) < 4.78 is 0. The normalized spacial score (nSPS) is 17.3. The van der Waals surface area contributed by atoms with Crippen LogP contribution in [0.5, 0.6) is 0 Å². The maximum absolute atomic E-state index is 6.34. The van der Waals surface area contributed by atoms with Gasteiger partial charge in [0.1, 0.15) is 4.99 Å². The number of piperazine rings is 1. The number of rotatable bonds is 5. The van der Waals surface area contributed by atoms with Crippen LogP contribution < -0.4 is 5.73 Å². The van der Waals surface area contributed by atoms with Crippen LogP contribution in [0.1, 0.15) is 25.0 Å². The van der Waals surface area contributed by atoms with Gasteiger partial charge in [-0.1, -0.05) is 49.8 Å². The summed E-state index contributed by atoms with van der Waals surface area (Å²) in [5, 5.41) is 0.755. The van der Waals surface area contributed by atoms with Gasteiger partial charge in [-0.05, 0) is 17.5 Å². The van der Waals surface area contributed by atoms with E-state index in [9.17, 15) is 0 Å². The molecule has 116 valence electrons. The van der Waals surface area contributed by atoms with Gasteiger partial charge in [0, 0.05) is 49.9 Å². The van der Waals surface area contributed by atoms with E-state index in [0.29, 0.717) is 4.99 Å². The highest BCUT2D eigenvalue weighted by Gasteiger charge is 2.18. The monoisotopic (exact) mass is 325 g/mol. The first-order valence-corrected chi connectivity index (χ1v) is 8.27. The molecule has 0 spiro atoms. The highest BCUT2D eigenvalue weighted by atomic mass is 35.5. The SMILES string of the molecule is CC(C)CN1CCN(Cc2ccc(C(N)=S)cc2Cl)CC1. The molecule has 0 bridgehead atoms. The summed E-state index contributed by atoms with van der Waals surface area (Å²) in [4.78, 5) is 5.39. The number of hydrogen-bond donors (Lipinski definition) is 1. The third-order valence-electron chi connectivity index (χ3n) is 3.82. The molecule has 0 atom stereocenters. The zero-order valence-electron chi connectivity index (χ0n) is 12.8. The molecule has 0 saturated carbocycles. The first-order chi connectivity index (χ1) is 9.95. The molecule has 1 fully saturated rings. The Kier molecular flexibility index (Phi) is 5.99. The largest absolute Gasteiger partial charge is 0.389 e. The van der Waals surface area contributed by atoms with E-state index in [0.717, 1.165) is 54.8 Å². The van der Waals surface area contributed by atoms with E-state index in [-0.39, 0.29) is 0 Å². The summed E-state index contributed by atoms with van der Waals surface area (Å²) in [6, 6.07) is 5.87. The number of halogens is 1. The minimum Gasteiger partial charge on any atom is -0.389 e. The lowest BCUT2D eigenvalue weighted by Crippen LogP contribution is -2.46. The summed E-state index contributed by atoms with van der Waals surface area (Å²) in [6.07, 6.45) is 0. The lowest BCUT2D eigenvalue weighted by molar-refractivity contribution is 0.117. The summed E-state index contributed by atoms with van der Waals surface area (Å²) >= 11 is 11.3. The van der Waals surface area contributed by atoms with Crippen molar-refractivity contribution in [2.45, 2.75) is 20.4 Å². The molecule has 1 aromatic rings. The Morgan fingerprint density at radius 1 is 1.24 bits per heavy atom. The summed E-state index contributed by atoms with van der Waals surface area (Å²) in [6.45, 7) is 11.1. The van der Waals surface area contributed by atoms with E-state index in [1.54, 1.807) is 0 Å². The molecule has 1 aliphatic rings. The maximum Gasteiger partial charge on any atom is 0.104 e. The van der Waals surface area contributed by atoms with Crippen molar-refractivity contribution in [2.24, 2.45) is 11.7 Å². The summed E-state index contributed by atoms with van der Waals surface area (Å²) in [7, 11) is 0. The molecule has 1 aromatic carbocycles. The van der Waals surface area contributed by atoms with Crippen LogP contribution >= 0.6 is 23.8 Å². The topological polar surface area (TPSA) is 32.5 Å². The van der Waals surface area contributed by atoms with Crippen molar-refractivity contribution >= 4 is 28.8 Å². The number of nitrogens with zero attached hydrogens (tertiary/aromatic N) is 2. The predicted octanol–water partition coefficient (Wildman–Crippen LogP) is 2.75. The number of thiocarbonyl (C=S) groups is 1. The molecule has 0 unspecified atom stereocenters. The average molecular weight is 326 g/mol. The fraction of sp³-hybridized carbons (Fsp3) is 0.562. The fourth-order valence-electron chi connectivity index (χ4n) is 2.72. The highest BCUT2D eigenvalue weighted by Crippen LogP contribution is 2.20. The molecule has 1 heterocycles. The lowest BCUT2D eigenvalue weighted by Gasteiger charge is -2.35. The molecule has 0 aliphatic carbocycles. The molecule has 21 heavy (non-hydrogen) atoms. The Hall–Kier alpha value is -0.680. The second-order valence-electron chi connectivity index (χ2n) is 6.14. The maximum atomic E-state index is 6.34. The Balaban J connectivity index is 1.90. The van der Waals surface area contributed by atoms with Crippen LogP contribution in [0.2, 0.25) is 5.02 Å². The van der Waals surface area contributed by atoms with Gasteiger partial charge in [-0.3, -0.25) is 4.90 Å². The highest BCUT2D eigenvalue weighted by molar-refractivity contribution is 7.80. The molecule has 0 aromatic heterocycles. The molecular weight excluding hydrogens is 302 g/mol. The van der Waals surface area contributed by atoms with E-state index >= 15 is 0 Å². The van der Waals surface area contributed by atoms with E-state index in [1.165, 1.54) is 6.54 Å². The zero-order valence-corrected chi connectivity index (χ0v) is 14.4. The molecule has 1 aliphatic heterocycles. The van der Waals surface area contributed by atoms with Gasteiger partial charge >= 0.3 is 0 Å². The first-order valence-electron chi connectivity index (χ1n) is 7.48. The van der Waals surface area contributed by atoms with Crippen molar-refractivity contribution in [1.82, 2.24) is 9.80 Å². The molecular formula is C16H24ClN3S. The van der Waals surface area contributed by atoms with E-state index in [1.807, 2.05) is 18.2 Å². The standard InChI is InChI=1S/C16H24ClN3S/c1-12(2)10-19-5-7-20(8-6-19)11-14-4-3-13(16(18)21)9-15(14)17/h3-4,9,12H,5-8,10-11H2,1-2H3,(H2,18,21). The molecule has 1 saturated heterocycles. The number of benzene rings is 1. The van der Waals surface area contributed by atoms with E-state index < -0.39 is 0 Å². The third kappa shape index (κ3) is 4.92. The van der Waals surface area contributed by atoms with Crippen LogP contribution in [-0.2, 0) is 6.54 Å². The molecule has 0 radical (unpaired) electrons. The summed E-state index contributed by atoms with van der Waals surface area (Å²) in [5.74, 6) is 0.735. The fourth-order valence-corrected chi connectivity index (χ4v) is 3.08. The average Bonchev–Trinajstić information content (AvgIpc) is 2.42. The van der Waals surface area contributed by atoms with E-state index in [2.05, 4.69) is 23.6 Å². The second-order valence-corrected chi connectivity index (χ2v) is 6.99. The van der Waals surface area contributed by atoms with Gasteiger partial charge in [0.05, 0.1) is 0 Å². The first kappa shape index (κ1) is 16.7. The van der Waals surface area contributed by atoms with Crippen LogP contribution in [0.3, 0.4) is 0 Å². The minimum absolute atomic E-state index is 0.394. The molecule has 2 rings (SSSR count). The quantitative estimate of drug-likeness (QED) is 0.844. The number of hydrogen-bond acceptors (Lipinski definition) is 3. The zero-order chi connectivity index (χ0) is 15.4. The van der Waals surface area contributed by atoms with Crippen LogP contribution in [0.15, 0.2) is 18.2 Å². The van der Waals surface area contributed by atoms with Gasteiger partial charge < -0.3 is 10.6 Å².